The fraction of sp³-hybridized carbons (Fsp3) is 0.500. The molecule has 0 aliphatic heterocycles. The van der Waals surface area contributed by atoms with Crippen LogP contribution in [0.2, 0.25) is 0 Å². The Balaban J connectivity index is 2.91. The molecule has 0 heterocycles. The largest absolute Gasteiger partial charge is 0.346 e. The lowest BCUT2D eigenvalue weighted by Crippen LogP contribution is -2.49. The Labute approximate surface area is 108 Å². The van der Waals surface area contributed by atoms with Crippen LogP contribution in [0, 0.1) is 0 Å². The van der Waals surface area contributed by atoms with E-state index in [-0.39, 0.29) is 11.3 Å². The second-order valence-electron chi connectivity index (χ2n) is 4.80. The molecule has 1 unspecified atom stereocenters. The third-order valence-electron chi connectivity index (χ3n) is 3.07. The minimum Gasteiger partial charge on any atom is -0.346 e. The van der Waals surface area contributed by atoms with E-state index in [0.29, 0.717) is 0 Å². The number of hydrogen-bond donors (Lipinski definition) is 1. The first kappa shape index (κ1) is 14.0. The van der Waals surface area contributed by atoms with Crippen molar-refractivity contribution < 1.29 is 4.79 Å². The van der Waals surface area contributed by atoms with E-state index in [4.69, 9.17) is 11.6 Å². The standard InChI is InChI=1S/C14H20ClNO/c1-5-11-8-6-7-9-12(11)13(17)16-14(3,4)10(2)15/h6-10H,5H2,1-4H3,(H,16,17). The highest BCUT2D eigenvalue weighted by Crippen LogP contribution is 2.17. The summed E-state index contributed by atoms with van der Waals surface area (Å²) in [5, 5.41) is 2.85. The zero-order valence-corrected chi connectivity index (χ0v) is 11.6. The number of carbonyl (C=O) groups is 1. The fourth-order valence-corrected chi connectivity index (χ4v) is 1.56. The van der Waals surface area contributed by atoms with Crippen LogP contribution in [0.4, 0.5) is 0 Å². The Morgan fingerprint density at radius 1 is 1.41 bits per heavy atom. The molecular formula is C14H20ClNO. The maximum absolute atomic E-state index is 12.2. The lowest BCUT2D eigenvalue weighted by Gasteiger charge is -2.29. The van der Waals surface area contributed by atoms with E-state index in [9.17, 15) is 4.79 Å². The van der Waals surface area contributed by atoms with Gasteiger partial charge in [-0.05, 0) is 38.8 Å². The molecule has 0 saturated carbocycles. The molecule has 0 bridgehead atoms. The van der Waals surface area contributed by atoms with Crippen LogP contribution in [0.3, 0.4) is 0 Å². The minimum absolute atomic E-state index is 0.0556. The van der Waals surface area contributed by atoms with Crippen LogP contribution in [-0.2, 0) is 6.42 Å². The molecule has 1 amide bonds. The predicted octanol–water partition coefficient (Wildman–Crippen LogP) is 3.38. The Morgan fingerprint density at radius 3 is 2.53 bits per heavy atom. The van der Waals surface area contributed by atoms with Gasteiger partial charge in [-0.3, -0.25) is 4.79 Å². The van der Waals surface area contributed by atoms with Crippen LogP contribution in [0.25, 0.3) is 0 Å². The molecule has 1 atom stereocenters. The number of halogens is 1. The van der Waals surface area contributed by atoms with Gasteiger partial charge in [0.2, 0.25) is 0 Å². The van der Waals surface area contributed by atoms with Crippen LogP contribution in [0.5, 0.6) is 0 Å². The molecule has 17 heavy (non-hydrogen) atoms. The molecule has 0 saturated heterocycles. The van der Waals surface area contributed by atoms with Crippen LogP contribution in [0.1, 0.15) is 43.6 Å². The molecule has 3 heteroatoms. The lowest BCUT2D eigenvalue weighted by atomic mass is 9.99. The van der Waals surface area contributed by atoms with Crippen LogP contribution in [0.15, 0.2) is 24.3 Å². The van der Waals surface area contributed by atoms with E-state index < -0.39 is 5.54 Å². The smallest absolute Gasteiger partial charge is 0.252 e. The van der Waals surface area contributed by atoms with Crippen molar-refractivity contribution >= 4 is 17.5 Å². The third kappa shape index (κ3) is 3.47. The number of benzene rings is 1. The molecule has 1 N–H and O–H groups in total. The van der Waals surface area contributed by atoms with Gasteiger partial charge >= 0.3 is 0 Å². The van der Waals surface area contributed by atoms with E-state index >= 15 is 0 Å². The highest BCUT2D eigenvalue weighted by atomic mass is 35.5. The summed E-state index contributed by atoms with van der Waals surface area (Å²) in [4.78, 5) is 12.2. The molecule has 1 rings (SSSR count). The van der Waals surface area contributed by atoms with Gasteiger partial charge in [-0.25, -0.2) is 0 Å². The normalized spacial score (nSPS) is 13.2. The minimum atomic E-state index is -0.417. The van der Waals surface area contributed by atoms with Gasteiger partial charge < -0.3 is 5.32 Å². The second kappa shape index (κ2) is 5.54. The Kier molecular flexibility index (Phi) is 4.58. The number of hydrogen-bond acceptors (Lipinski definition) is 1. The SMILES string of the molecule is CCc1ccccc1C(=O)NC(C)(C)C(C)Cl. The summed E-state index contributed by atoms with van der Waals surface area (Å²) in [5.41, 5.74) is 1.38. The Bertz CT molecular complexity index is 399. The molecule has 1 aromatic carbocycles. The quantitative estimate of drug-likeness (QED) is 0.819. The number of nitrogens with one attached hydrogen (secondary N) is 1. The third-order valence-corrected chi connectivity index (χ3v) is 3.62. The molecule has 2 nitrogen and oxygen atoms in total. The van der Waals surface area contributed by atoms with Crippen molar-refractivity contribution in [1.82, 2.24) is 5.32 Å². The first-order valence-electron chi connectivity index (χ1n) is 5.93. The zero-order valence-electron chi connectivity index (χ0n) is 10.9. The first-order chi connectivity index (χ1) is 7.88. The summed E-state index contributed by atoms with van der Waals surface area (Å²) in [6.07, 6.45) is 0.848. The van der Waals surface area contributed by atoms with E-state index in [1.807, 2.05) is 52.0 Å². The van der Waals surface area contributed by atoms with Gasteiger partial charge in [0.05, 0.1) is 10.9 Å². The first-order valence-corrected chi connectivity index (χ1v) is 6.36. The number of rotatable bonds is 4. The highest BCUT2D eigenvalue weighted by Gasteiger charge is 2.26. The van der Waals surface area contributed by atoms with Gasteiger partial charge in [0.15, 0.2) is 0 Å². The molecule has 1 aromatic rings. The molecule has 0 aliphatic carbocycles. The van der Waals surface area contributed by atoms with Crippen molar-refractivity contribution in [2.24, 2.45) is 0 Å². The van der Waals surface area contributed by atoms with Crippen LogP contribution < -0.4 is 5.32 Å². The van der Waals surface area contributed by atoms with Gasteiger partial charge in [0.25, 0.3) is 5.91 Å². The average Bonchev–Trinajstić information content (AvgIpc) is 2.28. The maximum atomic E-state index is 12.2. The number of aryl methyl sites for hydroxylation is 1. The van der Waals surface area contributed by atoms with Crippen LogP contribution >= 0.6 is 11.6 Å². The molecule has 0 fully saturated rings. The molecule has 0 spiro atoms. The zero-order chi connectivity index (χ0) is 13.1. The summed E-state index contributed by atoms with van der Waals surface area (Å²) < 4.78 is 0. The van der Waals surface area contributed by atoms with Gasteiger partial charge in [-0.2, -0.15) is 0 Å². The monoisotopic (exact) mass is 253 g/mol. The van der Waals surface area contributed by atoms with E-state index in [2.05, 4.69) is 5.32 Å². The summed E-state index contributed by atoms with van der Waals surface area (Å²) in [7, 11) is 0. The predicted molar refractivity (Wildman–Crippen MR) is 72.7 cm³/mol. The fourth-order valence-electron chi connectivity index (χ4n) is 1.51. The van der Waals surface area contributed by atoms with Crippen LogP contribution in [-0.4, -0.2) is 16.8 Å². The van der Waals surface area contributed by atoms with Crippen molar-refractivity contribution in [3.63, 3.8) is 0 Å². The van der Waals surface area contributed by atoms with Crippen molar-refractivity contribution in [2.75, 3.05) is 0 Å². The van der Waals surface area contributed by atoms with E-state index in [1.54, 1.807) is 0 Å². The topological polar surface area (TPSA) is 29.1 Å². The van der Waals surface area contributed by atoms with Crippen molar-refractivity contribution in [3.05, 3.63) is 35.4 Å². The van der Waals surface area contributed by atoms with E-state index in [1.165, 1.54) is 0 Å². The Hall–Kier alpha value is -1.02. The molecular weight excluding hydrogens is 234 g/mol. The molecule has 0 aliphatic rings. The molecule has 0 aromatic heterocycles. The van der Waals surface area contributed by atoms with Gasteiger partial charge in [0, 0.05) is 5.56 Å². The molecule has 0 radical (unpaired) electrons. The lowest BCUT2D eigenvalue weighted by molar-refractivity contribution is 0.0911. The van der Waals surface area contributed by atoms with Gasteiger partial charge in [0.1, 0.15) is 0 Å². The van der Waals surface area contributed by atoms with E-state index in [0.717, 1.165) is 17.5 Å². The summed E-state index contributed by atoms with van der Waals surface area (Å²) in [6.45, 7) is 7.78. The maximum Gasteiger partial charge on any atom is 0.252 e. The average molecular weight is 254 g/mol. The summed E-state index contributed by atoms with van der Waals surface area (Å²) in [5.74, 6) is -0.0556. The number of amides is 1. The Morgan fingerprint density at radius 2 is 2.00 bits per heavy atom. The molecule has 94 valence electrons. The van der Waals surface area contributed by atoms with Gasteiger partial charge in [-0.1, -0.05) is 25.1 Å². The second-order valence-corrected chi connectivity index (χ2v) is 5.46. The highest BCUT2D eigenvalue weighted by molar-refractivity contribution is 6.21. The number of carbonyl (C=O) groups excluding carboxylic acids is 1. The van der Waals surface area contributed by atoms with Gasteiger partial charge in [-0.15, -0.1) is 11.6 Å². The van der Waals surface area contributed by atoms with Crippen molar-refractivity contribution in [3.8, 4) is 0 Å². The van der Waals surface area contributed by atoms with Crippen molar-refractivity contribution in [2.45, 2.75) is 45.0 Å². The van der Waals surface area contributed by atoms with Crippen molar-refractivity contribution in [1.29, 1.82) is 0 Å². The number of alkyl halides is 1. The summed E-state index contributed by atoms with van der Waals surface area (Å²) >= 11 is 6.06. The summed E-state index contributed by atoms with van der Waals surface area (Å²) in [6, 6.07) is 7.66.